The summed E-state index contributed by atoms with van der Waals surface area (Å²) in [5, 5.41) is 4.49. The van der Waals surface area contributed by atoms with Crippen LogP contribution in [0, 0.1) is 0 Å². The number of hydrogen-bond donors (Lipinski definition) is 0. The van der Waals surface area contributed by atoms with E-state index in [0.717, 1.165) is 42.9 Å². The van der Waals surface area contributed by atoms with Gasteiger partial charge in [-0.25, -0.2) is 0 Å². The maximum Gasteiger partial charge on any atom is 0.272 e. The number of ether oxygens (including phenoxy) is 1. The maximum absolute atomic E-state index is 12.6. The SMILES string of the molecule is COc1cccc(-c2cc(C(=O)N3CCCCC3)n(C)n2)c1. The van der Waals surface area contributed by atoms with Crippen LogP contribution in [0.2, 0.25) is 0 Å². The minimum atomic E-state index is 0.0730. The van der Waals surface area contributed by atoms with Crippen LogP contribution >= 0.6 is 0 Å². The number of nitrogens with zero attached hydrogens (tertiary/aromatic N) is 3. The van der Waals surface area contributed by atoms with Crippen LogP contribution in [0.4, 0.5) is 0 Å². The number of aromatic nitrogens is 2. The van der Waals surface area contributed by atoms with Crippen LogP contribution in [0.25, 0.3) is 11.3 Å². The van der Waals surface area contributed by atoms with Gasteiger partial charge in [0.2, 0.25) is 0 Å². The average molecular weight is 299 g/mol. The summed E-state index contributed by atoms with van der Waals surface area (Å²) in [5.41, 5.74) is 2.38. The van der Waals surface area contributed by atoms with E-state index in [1.54, 1.807) is 11.8 Å². The first-order chi connectivity index (χ1) is 10.7. The standard InChI is InChI=1S/C17H21N3O2/c1-19-16(17(21)20-9-4-3-5-10-20)12-15(18-19)13-7-6-8-14(11-13)22-2/h6-8,11-12H,3-5,9-10H2,1-2H3. The summed E-state index contributed by atoms with van der Waals surface area (Å²) in [4.78, 5) is 14.6. The minimum Gasteiger partial charge on any atom is -0.497 e. The molecule has 22 heavy (non-hydrogen) atoms. The Morgan fingerprint density at radius 2 is 1.95 bits per heavy atom. The van der Waals surface area contributed by atoms with E-state index in [1.807, 2.05) is 42.3 Å². The van der Waals surface area contributed by atoms with Crippen LogP contribution < -0.4 is 4.74 Å². The molecule has 0 bridgehead atoms. The van der Waals surface area contributed by atoms with Crippen molar-refractivity contribution in [3.63, 3.8) is 0 Å². The number of amides is 1. The number of aryl methyl sites for hydroxylation is 1. The van der Waals surface area contributed by atoms with E-state index < -0.39 is 0 Å². The average Bonchev–Trinajstić information content (AvgIpc) is 2.97. The lowest BCUT2D eigenvalue weighted by Crippen LogP contribution is -2.36. The molecule has 1 aliphatic rings. The van der Waals surface area contributed by atoms with Crippen LogP contribution in [0.1, 0.15) is 29.8 Å². The van der Waals surface area contributed by atoms with Crippen LogP contribution in [0.5, 0.6) is 5.75 Å². The molecule has 0 unspecified atom stereocenters. The molecule has 116 valence electrons. The predicted molar refractivity (Wildman–Crippen MR) is 85.0 cm³/mol. The van der Waals surface area contributed by atoms with E-state index in [-0.39, 0.29) is 5.91 Å². The number of benzene rings is 1. The monoisotopic (exact) mass is 299 g/mol. The summed E-state index contributed by atoms with van der Waals surface area (Å²) in [7, 11) is 3.46. The summed E-state index contributed by atoms with van der Waals surface area (Å²) < 4.78 is 6.92. The minimum absolute atomic E-state index is 0.0730. The van der Waals surface area contributed by atoms with Gasteiger partial charge >= 0.3 is 0 Å². The number of hydrogen-bond acceptors (Lipinski definition) is 3. The Kier molecular flexibility index (Phi) is 4.13. The van der Waals surface area contributed by atoms with E-state index in [0.29, 0.717) is 5.69 Å². The van der Waals surface area contributed by atoms with Gasteiger partial charge in [0.05, 0.1) is 12.8 Å². The molecule has 1 aromatic carbocycles. The third-order valence-corrected chi connectivity index (χ3v) is 4.11. The number of likely N-dealkylation sites (tertiary alicyclic amines) is 1. The Balaban J connectivity index is 1.88. The second-order valence-electron chi connectivity index (χ2n) is 5.62. The van der Waals surface area contributed by atoms with Crippen LogP contribution in [0.3, 0.4) is 0 Å². The highest BCUT2D eigenvalue weighted by Gasteiger charge is 2.22. The Morgan fingerprint density at radius 1 is 1.18 bits per heavy atom. The zero-order chi connectivity index (χ0) is 15.5. The number of methoxy groups -OCH3 is 1. The second kappa shape index (κ2) is 6.22. The third kappa shape index (κ3) is 2.84. The van der Waals surface area contributed by atoms with Gasteiger partial charge in [-0.3, -0.25) is 9.48 Å². The first kappa shape index (κ1) is 14.6. The Bertz CT molecular complexity index is 672. The molecule has 0 N–H and O–H groups in total. The van der Waals surface area contributed by atoms with Gasteiger partial charge < -0.3 is 9.64 Å². The molecule has 1 aliphatic heterocycles. The molecule has 0 spiro atoms. The van der Waals surface area contributed by atoms with E-state index in [4.69, 9.17) is 4.74 Å². The largest absolute Gasteiger partial charge is 0.497 e. The highest BCUT2D eigenvalue weighted by Crippen LogP contribution is 2.24. The summed E-state index contributed by atoms with van der Waals surface area (Å²) in [6, 6.07) is 9.59. The van der Waals surface area contributed by atoms with Gasteiger partial charge in [0.1, 0.15) is 11.4 Å². The van der Waals surface area contributed by atoms with E-state index in [9.17, 15) is 4.79 Å². The Hall–Kier alpha value is -2.30. The fraction of sp³-hybridized carbons (Fsp3) is 0.412. The van der Waals surface area contributed by atoms with Gasteiger partial charge in [-0.05, 0) is 37.5 Å². The fourth-order valence-corrected chi connectivity index (χ4v) is 2.85. The molecular formula is C17H21N3O2. The summed E-state index contributed by atoms with van der Waals surface area (Å²) in [6.07, 6.45) is 3.39. The van der Waals surface area contributed by atoms with Gasteiger partial charge in [-0.1, -0.05) is 12.1 Å². The van der Waals surface area contributed by atoms with Crippen LogP contribution in [-0.2, 0) is 7.05 Å². The quantitative estimate of drug-likeness (QED) is 0.875. The lowest BCUT2D eigenvalue weighted by molar-refractivity contribution is 0.0713. The van der Waals surface area contributed by atoms with Gasteiger partial charge in [0.15, 0.2) is 0 Å². The highest BCUT2D eigenvalue weighted by atomic mass is 16.5. The molecular weight excluding hydrogens is 278 g/mol. The Labute approximate surface area is 130 Å². The molecule has 1 amide bonds. The molecule has 3 rings (SSSR count). The molecule has 5 nitrogen and oxygen atoms in total. The second-order valence-corrected chi connectivity index (χ2v) is 5.62. The van der Waals surface area contributed by atoms with Gasteiger partial charge in [-0.15, -0.1) is 0 Å². The fourth-order valence-electron chi connectivity index (χ4n) is 2.85. The normalized spacial score (nSPS) is 14.9. The molecule has 0 aliphatic carbocycles. The lowest BCUT2D eigenvalue weighted by Gasteiger charge is -2.26. The van der Waals surface area contributed by atoms with Crippen molar-refractivity contribution in [3.8, 4) is 17.0 Å². The predicted octanol–water partition coefficient (Wildman–Crippen LogP) is 2.72. The summed E-state index contributed by atoms with van der Waals surface area (Å²) in [6.45, 7) is 1.69. The highest BCUT2D eigenvalue weighted by molar-refractivity contribution is 5.93. The summed E-state index contributed by atoms with van der Waals surface area (Å²) in [5.74, 6) is 0.857. The van der Waals surface area contributed by atoms with Gasteiger partial charge in [0.25, 0.3) is 5.91 Å². The van der Waals surface area contributed by atoms with Crippen LogP contribution in [0.15, 0.2) is 30.3 Å². The van der Waals surface area contributed by atoms with Crippen LogP contribution in [-0.4, -0.2) is 40.8 Å². The van der Waals surface area contributed by atoms with Gasteiger partial charge in [-0.2, -0.15) is 5.10 Å². The third-order valence-electron chi connectivity index (χ3n) is 4.11. The number of piperidine rings is 1. The molecule has 2 heterocycles. The van der Waals surface area contributed by atoms with Crippen molar-refractivity contribution in [2.45, 2.75) is 19.3 Å². The van der Waals surface area contributed by atoms with Crippen molar-refractivity contribution in [1.82, 2.24) is 14.7 Å². The first-order valence-electron chi connectivity index (χ1n) is 7.67. The van der Waals surface area contributed by atoms with Crippen molar-refractivity contribution < 1.29 is 9.53 Å². The van der Waals surface area contributed by atoms with Crippen molar-refractivity contribution in [3.05, 3.63) is 36.0 Å². The van der Waals surface area contributed by atoms with E-state index in [2.05, 4.69) is 5.10 Å². The Morgan fingerprint density at radius 3 is 2.68 bits per heavy atom. The molecule has 0 atom stereocenters. The molecule has 0 saturated carbocycles. The summed E-state index contributed by atoms with van der Waals surface area (Å²) >= 11 is 0. The van der Waals surface area contributed by atoms with E-state index >= 15 is 0 Å². The number of carbonyl (C=O) groups is 1. The molecule has 0 radical (unpaired) electrons. The van der Waals surface area contributed by atoms with Gasteiger partial charge in [0, 0.05) is 25.7 Å². The zero-order valence-corrected chi connectivity index (χ0v) is 13.1. The molecule has 1 fully saturated rings. The maximum atomic E-state index is 12.6. The van der Waals surface area contributed by atoms with Crippen molar-refractivity contribution in [1.29, 1.82) is 0 Å². The van der Waals surface area contributed by atoms with E-state index in [1.165, 1.54) is 6.42 Å². The zero-order valence-electron chi connectivity index (χ0n) is 13.1. The van der Waals surface area contributed by atoms with Crippen molar-refractivity contribution in [2.75, 3.05) is 20.2 Å². The lowest BCUT2D eigenvalue weighted by atomic mass is 10.1. The van der Waals surface area contributed by atoms with Crippen molar-refractivity contribution >= 4 is 5.91 Å². The molecule has 2 aromatic rings. The first-order valence-corrected chi connectivity index (χ1v) is 7.67. The topological polar surface area (TPSA) is 47.4 Å². The van der Waals surface area contributed by atoms with Crippen molar-refractivity contribution in [2.24, 2.45) is 7.05 Å². The molecule has 1 saturated heterocycles. The number of carbonyl (C=O) groups excluding carboxylic acids is 1. The molecule has 1 aromatic heterocycles. The number of rotatable bonds is 3. The smallest absolute Gasteiger partial charge is 0.272 e. The molecule has 5 heteroatoms.